The Kier molecular flexibility index (Phi) is 7.56. The van der Waals surface area contributed by atoms with Crippen LogP contribution in [0.3, 0.4) is 0 Å². The second-order valence-electron chi connectivity index (χ2n) is 16.8. The lowest BCUT2D eigenvalue weighted by Crippen LogP contribution is -2.06. The third-order valence-corrected chi connectivity index (χ3v) is 13.4. The lowest BCUT2D eigenvalue weighted by Gasteiger charge is -2.23. The highest BCUT2D eigenvalue weighted by atomic mass is 15.2. The zero-order valence-electron chi connectivity index (χ0n) is 33.6. The van der Waals surface area contributed by atoms with Gasteiger partial charge in [0.1, 0.15) is 0 Å². The Hall–Kier alpha value is -7.62. The van der Waals surface area contributed by atoms with Crippen molar-refractivity contribution in [1.29, 1.82) is 0 Å². The van der Waals surface area contributed by atoms with Crippen molar-refractivity contribution in [1.82, 2.24) is 14.5 Å². The molecule has 0 saturated carbocycles. The van der Waals surface area contributed by atoms with Gasteiger partial charge in [0.15, 0.2) is 0 Å². The van der Waals surface area contributed by atoms with Gasteiger partial charge in [0.25, 0.3) is 0 Å². The van der Waals surface area contributed by atoms with Gasteiger partial charge in [0.05, 0.1) is 22.2 Å². The van der Waals surface area contributed by atoms with Crippen LogP contribution in [0.25, 0.3) is 105 Å². The molecule has 11 aromatic rings. The molecular weight excluding hydrogens is 739 g/mol. The van der Waals surface area contributed by atoms with Gasteiger partial charge in [-0.2, -0.15) is 0 Å². The summed E-state index contributed by atoms with van der Waals surface area (Å²) in [5.74, 6) is 0.698. The molecule has 0 radical (unpaired) electrons. The van der Waals surface area contributed by atoms with Crippen molar-refractivity contribution in [3.63, 3.8) is 0 Å². The molecule has 0 amide bonds. The molecule has 2 aromatic heterocycles. The van der Waals surface area contributed by atoms with Gasteiger partial charge in [-0.25, -0.2) is 9.97 Å². The first-order valence-electron chi connectivity index (χ1n) is 21.5. The number of nitrogens with zero attached hydrogens (tertiary/aromatic N) is 3. The molecule has 0 unspecified atom stereocenters. The number of benzene rings is 9. The van der Waals surface area contributed by atoms with E-state index in [2.05, 4.69) is 193 Å². The van der Waals surface area contributed by atoms with Gasteiger partial charge in [-0.05, 0) is 127 Å². The van der Waals surface area contributed by atoms with Gasteiger partial charge >= 0.3 is 0 Å². The summed E-state index contributed by atoms with van der Waals surface area (Å²) in [6, 6.07) is 69.6. The number of hydrogen-bond donors (Lipinski definition) is 0. The fourth-order valence-corrected chi connectivity index (χ4v) is 10.4. The SMILES string of the molecule is c1ccc2c(c1)-c1ccccc1-c1ccc(-c3nc(-n4c5cc6ccccc6cc5c5c6ccc(c54)CCc4ccc(cc4)CC6)nc4ccccc34)cc1-c1ccccc1-2. The second kappa shape index (κ2) is 13.5. The summed E-state index contributed by atoms with van der Waals surface area (Å²) in [7, 11) is 0. The van der Waals surface area contributed by atoms with E-state index in [0.29, 0.717) is 5.95 Å². The molecule has 5 aliphatic rings. The summed E-state index contributed by atoms with van der Waals surface area (Å²) in [5.41, 5.74) is 20.6. The number of hydrogen-bond acceptors (Lipinski definition) is 2. The predicted molar refractivity (Wildman–Crippen MR) is 253 cm³/mol. The van der Waals surface area contributed by atoms with E-state index in [-0.39, 0.29) is 0 Å². The molecule has 0 aliphatic heterocycles. The van der Waals surface area contributed by atoms with Gasteiger partial charge in [-0.3, -0.25) is 4.57 Å². The first kappa shape index (κ1) is 34.3. The van der Waals surface area contributed by atoms with Gasteiger partial charge in [0, 0.05) is 21.7 Å². The summed E-state index contributed by atoms with van der Waals surface area (Å²) in [6.07, 6.45) is 3.83. The smallest absolute Gasteiger partial charge is 0.235 e. The summed E-state index contributed by atoms with van der Waals surface area (Å²) >= 11 is 0. The maximum Gasteiger partial charge on any atom is 0.235 e. The first-order chi connectivity index (χ1) is 30.2. The molecule has 61 heavy (non-hydrogen) atoms. The van der Waals surface area contributed by atoms with Crippen LogP contribution in [0.15, 0.2) is 188 Å². The van der Waals surface area contributed by atoms with Gasteiger partial charge in [-0.1, -0.05) is 164 Å². The summed E-state index contributed by atoms with van der Waals surface area (Å²) in [6.45, 7) is 0. The third kappa shape index (κ3) is 5.37. The van der Waals surface area contributed by atoms with Crippen LogP contribution in [0, 0.1) is 0 Å². The molecule has 4 bridgehead atoms. The van der Waals surface area contributed by atoms with E-state index in [0.717, 1.165) is 53.4 Å². The van der Waals surface area contributed by atoms with Crippen LogP contribution < -0.4 is 0 Å². The Morgan fingerprint density at radius 2 is 0.902 bits per heavy atom. The van der Waals surface area contributed by atoms with Crippen LogP contribution in [-0.2, 0) is 25.7 Å². The average Bonchev–Trinajstić information content (AvgIpc) is 3.65. The quantitative estimate of drug-likeness (QED) is 0.175. The molecule has 0 saturated heterocycles. The number of para-hydroxylation sites is 1. The third-order valence-electron chi connectivity index (χ3n) is 13.4. The first-order valence-corrected chi connectivity index (χ1v) is 21.5. The molecule has 5 aliphatic carbocycles. The van der Waals surface area contributed by atoms with E-state index in [1.807, 2.05) is 0 Å². The number of aromatic nitrogens is 3. The fraction of sp³-hybridized carbons (Fsp3) is 0.0690. The van der Waals surface area contributed by atoms with E-state index in [9.17, 15) is 0 Å². The Balaban J connectivity index is 1.09. The molecule has 2 heterocycles. The van der Waals surface area contributed by atoms with Crippen LogP contribution in [0.1, 0.15) is 22.3 Å². The van der Waals surface area contributed by atoms with E-state index >= 15 is 0 Å². The van der Waals surface area contributed by atoms with Crippen molar-refractivity contribution in [2.45, 2.75) is 25.7 Å². The largest absolute Gasteiger partial charge is 0.278 e. The van der Waals surface area contributed by atoms with Crippen LogP contribution in [-0.4, -0.2) is 14.5 Å². The standard InChI is InChI=1S/C58H39N3/c1-2-12-41-35-54-52(33-40(41)11-1)55-38-27-25-36-21-23-37(24-22-36)26-28-39(30-29-38)57(55)61(54)58-59-53-20-10-9-19-50(53)56(60-58)42-31-32-49-47-17-6-5-15-45(47)43-13-3-4-14-44(43)46-16-7-8-18-48(46)51(49)34-42/h1-24,29-35H,25-28H2. The molecule has 286 valence electrons. The van der Waals surface area contributed by atoms with Crippen molar-refractivity contribution in [2.24, 2.45) is 0 Å². The van der Waals surface area contributed by atoms with Gasteiger partial charge < -0.3 is 0 Å². The summed E-state index contributed by atoms with van der Waals surface area (Å²) in [5, 5.41) is 6.07. The zero-order chi connectivity index (χ0) is 40.0. The summed E-state index contributed by atoms with van der Waals surface area (Å²) < 4.78 is 2.40. The normalized spacial score (nSPS) is 13.0. The molecule has 9 aromatic carbocycles. The molecule has 16 rings (SSSR count). The minimum atomic E-state index is 0.698. The topological polar surface area (TPSA) is 30.7 Å². The van der Waals surface area contributed by atoms with Crippen LogP contribution in [0.4, 0.5) is 0 Å². The van der Waals surface area contributed by atoms with Crippen LogP contribution in [0.5, 0.6) is 0 Å². The lowest BCUT2D eigenvalue weighted by atomic mass is 9.80. The molecule has 3 heteroatoms. The van der Waals surface area contributed by atoms with Crippen molar-refractivity contribution in [2.75, 3.05) is 0 Å². The minimum absolute atomic E-state index is 0.698. The highest BCUT2D eigenvalue weighted by Crippen LogP contribution is 2.49. The van der Waals surface area contributed by atoms with E-state index in [1.165, 1.54) is 93.8 Å². The van der Waals surface area contributed by atoms with Crippen molar-refractivity contribution >= 4 is 43.5 Å². The number of fused-ring (bicyclic) bond motifs is 11. The number of rotatable bonds is 2. The minimum Gasteiger partial charge on any atom is -0.278 e. The summed E-state index contributed by atoms with van der Waals surface area (Å²) in [4.78, 5) is 11.2. The highest BCUT2D eigenvalue weighted by Gasteiger charge is 2.25. The molecule has 0 fully saturated rings. The van der Waals surface area contributed by atoms with E-state index in [4.69, 9.17) is 9.97 Å². The zero-order valence-corrected chi connectivity index (χ0v) is 33.6. The van der Waals surface area contributed by atoms with Gasteiger partial charge in [-0.15, -0.1) is 0 Å². The van der Waals surface area contributed by atoms with E-state index in [1.54, 1.807) is 0 Å². The Morgan fingerprint density at radius 3 is 1.56 bits per heavy atom. The molecule has 3 nitrogen and oxygen atoms in total. The lowest BCUT2D eigenvalue weighted by molar-refractivity contribution is 0.923. The Morgan fingerprint density at radius 1 is 0.377 bits per heavy atom. The van der Waals surface area contributed by atoms with Gasteiger partial charge in [0.2, 0.25) is 5.95 Å². The monoisotopic (exact) mass is 777 g/mol. The van der Waals surface area contributed by atoms with E-state index < -0.39 is 0 Å². The molecule has 0 atom stereocenters. The predicted octanol–water partition coefficient (Wildman–Crippen LogP) is 14.4. The number of aryl methyl sites for hydroxylation is 4. The molecular formula is C58H39N3. The van der Waals surface area contributed by atoms with Crippen molar-refractivity contribution < 1.29 is 0 Å². The second-order valence-corrected chi connectivity index (χ2v) is 16.8. The maximum atomic E-state index is 5.70. The Bertz CT molecular complexity index is 3590. The van der Waals surface area contributed by atoms with Crippen molar-refractivity contribution in [3.05, 3.63) is 210 Å². The average molecular weight is 778 g/mol. The Labute approximate surface area is 354 Å². The van der Waals surface area contributed by atoms with Crippen molar-refractivity contribution in [3.8, 4) is 61.7 Å². The highest BCUT2D eigenvalue weighted by molar-refractivity contribution is 6.16. The van der Waals surface area contributed by atoms with Crippen LogP contribution >= 0.6 is 0 Å². The van der Waals surface area contributed by atoms with Crippen LogP contribution in [0.2, 0.25) is 0 Å². The molecule has 0 N–H and O–H groups in total. The molecule has 0 spiro atoms. The maximum absolute atomic E-state index is 5.70. The fourth-order valence-electron chi connectivity index (χ4n) is 10.4.